The Bertz CT molecular complexity index is 380. The van der Waals surface area contributed by atoms with Crippen molar-refractivity contribution in [2.45, 2.75) is 12.8 Å². The molecule has 0 heterocycles. The summed E-state index contributed by atoms with van der Waals surface area (Å²) >= 11 is 3.03. The highest BCUT2D eigenvalue weighted by molar-refractivity contribution is 9.09. The number of hydrogen-bond donors (Lipinski definition) is 0. The van der Waals surface area contributed by atoms with Crippen molar-refractivity contribution in [3.63, 3.8) is 0 Å². The van der Waals surface area contributed by atoms with E-state index < -0.39 is 6.43 Å². The Balaban J connectivity index is 3.02. The van der Waals surface area contributed by atoms with E-state index >= 15 is 0 Å². The predicted molar refractivity (Wildman–Crippen MR) is 60.5 cm³/mol. The minimum atomic E-state index is -2.54. The number of ketones is 1. The highest BCUT2D eigenvalue weighted by Gasteiger charge is 2.13. The highest BCUT2D eigenvalue weighted by Crippen LogP contribution is 2.26. The molecule has 0 bridgehead atoms. The van der Waals surface area contributed by atoms with E-state index in [1.54, 1.807) is 0 Å². The Morgan fingerprint density at radius 3 is 2.69 bits per heavy atom. The zero-order valence-corrected chi connectivity index (χ0v) is 10.3. The first kappa shape index (κ1) is 13.1. The van der Waals surface area contributed by atoms with Gasteiger partial charge in [-0.2, -0.15) is 0 Å². The Labute approximate surface area is 101 Å². The molecule has 0 saturated carbocycles. The highest BCUT2D eigenvalue weighted by atomic mass is 79.9. The molecule has 0 unspecified atom stereocenters. The van der Waals surface area contributed by atoms with Crippen molar-refractivity contribution in [1.82, 2.24) is 0 Å². The molecule has 0 aliphatic heterocycles. The van der Waals surface area contributed by atoms with Gasteiger partial charge < -0.3 is 4.74 Å². The Hall–Kier alpha value is -0.970. The fraction of sp³-hybridized carbons (Fsp3) is 0.364. The number of halogens is 3. The van der Waals surface area contributed by atoms with E-state index in [9.17, 15) is 13.6 Å². The molecule has 0 radical (unpaired) electrons. The SMILES string of the molecule is COc1ccc(C(F)F)cc1CC(=O)CBr. The number of carbonyl (C=O) groups excluding carboxylic acids is 1. The van der Waals surface area contributed by atoms with Gasteiger partial charge >= 0.3 is 0 Å². The van der Waals surface area contributed by atoms with Gasteiger partial charge in [-0.05, 0) is 18.2 Å². The van der Waals surface area contributed by atoms with Crippen LogP contribution in [0.3, 0.4) is 0 Å². The number of benzene rings is 1. The van der Waals surface area contributed by atoms with Gasteiger partial charge in [0.05, 0.1) is 12.4 Å². The summed E-state index contributed by atoms with van der Waals surface area (Å²) in [5.74, 6) is 0.378. The molecule has 5 heteroatoms. The number of hydrogen-bond acceptors (Lipinski definition) is 2. The summed E-state index contributed by atoms with van der Waals surface area (Å²) in [4.78, 5) is 11.2. The van der Waals surface area contributed by atoms with Gasteiger partial charge in [-0.25, -0.2) is 8.78 Å². The molecule has 1 rings (SSSR count). The molecule has 0 aromatic heterocycles. The summed E-state index contributed by atoms with van der Waals surface area (Å²) in [6.45, 7) is 0. The molecule has 0 spiro atoms. The van der Waals surface area contributed by atoms with E-state index in [0.29, 0.717) is 11.3 Å². The first-order valence-corrected chi connectivity index (χ1v) is 5.73. The zero-order valence-electron chi connectivity index (χ0n) is 8.67. The maximum Gasteiger partial charge on any atom is 0.263 e. The van der Waals surface area contributed by atoms with E-state index in [2.05, 4.69) is 15.9 Å². The van der Waals surface area contributed by atoms with Crippen LogP contribution in [0.5, 0.6) is 5.75 Å². The molecule has 1 aromatic carbocycles. The molecular formula is C11H11BrF2O2. The lowest BCUT2D eigenvalue weighted by Crippen LogP contribution is -2.05. The Morgan fingerprint density at radius 1 is 1.50 bits per heavy atom. The Kier molecular flexibility index (Phi) is 4.86. The second kappa shape index (κ2) is 5.94. The van der Waals surface area contributed by atoms with Crippen LogP contribution in [0.25, 0.3) is 0 Å². The van der Waals surface area contributed by atoms with E-state index in [4.69, 9.17) is 4.74 Å². The van der Waals surface area contributed by atoms with Gasteiger partial charge in [0, 0.05) is 17.5 Å². The normalized spacial score (nSPS) is 10.6. The van der Waals surface area contributed by atoms with Crippen LogP contribution in [0, 0.1) is 0 Å². The van der Waals surface area contributed by atoms with Crippen molar-refractivity contribution in [3.05, 3.63) is 29.3 Å². The largest absolute Gasteiger partial charge is 0.496 e. The van der Waals surface area contributed by atoms with Crippen LogP contribution in [-0.4, -0.2) is 18.2 Å². The van der Waals surface area contributed by atoms with Gasteiger partial charge in [-0.15, -0.1) is 0 Å². The van der Waals surface area contributed by atoms with Crippen molar-refractivity contribution in [2.24, 2.45) is 0 Å². The summed E-state index contributed by atoms with van der Waals surface area (Å²) in [5.41, 5.74) is 0.392. The molecular weight excluding hydrogens is 282 g/mol. The molecule has 1 aromatic rings. The summed E-state index contributed by atoms with van der Waals surface area (Å²) in [5, 5.41) is 0.203. The topological polar surface area (TPSA) is 26.3 Å². The third-order valence-electron chi connectivity index (χ3n) is 2.09. The first-order chi connectivity index (χ1) is 7.58. The Morgan fingerprint density at radius 2 is 2.19 bits per heavy atom. The van der Waals surface area contributed by atoms with Crippen LogP contribution in [0.1, 0.15) is 17.6 Å². The van der Waals surface area contributed by atoms with Gasteiger partial charge in [0.1, 0.15) is 11.5 Å². The standard InChI is InChI=1S/C11H11BrF2O2/c1-16-10-3-2-7(11(13)14)4-8(10)5-9(15)6-12/h2-4,11H,5-6H2,1H3. The van der Waals surface area contributed by atoms with Gasteiger partial charge in [0.2, 0.25) is 0 Å². The number of Topliss-reactive ketones (excluding diaryl/α,β-unsaturated/α-hetero) is 1. The van der Waals surface area contributed by atoms with Crippen molar-refractivity contribution in [1.29, 1.82) is 0 Å². The molecule has 88 valence electrons. The van der Waals surface area contributed by atoms with Crippen LogP contribution in [0.15, 0.2) is 18.2 Å². The molecule has 0 atom stereocenters. The van der Waals surface area contributed by atoms with Gasteiger partial charge in [-0.1, -0.05) is 15.9 Å². The summed E-state index contributed by atoms with van der Waals surface area (Å²) in [6.07, 6.45) is -2.45. The quantitative estimate of drug-likeness (QED) is 0.780. The second-order valence-corrected chi connectivity index (χ2v) is 3.78. The third kappa shape index (κ3) is 3.27. The lowest BCUT2D eigenvalue weighted by molar-refractivity contribution is -0.115. The van der Waals surface area contributed by atoms with E-state index in [-0.39, 0.29) is 23.1 Å². The first-order valence-electron chi connectivity index (χ1n) is 4.61. The number of ether oxygens (including phenoxy) is 1. The molecule has 0 aliphatic carbocycles. The van der Waals surface area contributed by atoms with Crippen LogP contribution < -0.4 is 4.74 Å². The van der Waals surface area contributed by atoms with E-state index in [1.165, 1.54) is 25.3 Å². The number of carbonyl (C=O) groups is 1. The van der Waals surface area contributed by atoms with Crippen molar-refractivity contribution >= 4 is 21.7 Å². The molecule has 0 N–H and O–H groups in total. The maximum atomic E-state index is 12.5. The number of rotatable bonds is 5. The zero-order chi connectivity index (χ0) is 12.1. The van der Waals surface area contributed by atoms with E-state index in [1.807, 2.05) is 0 Å². The predicted octanol–water partition coefficient (Wildman–Crippen LogP) is 3.14. The summed E-state index contributed by atoms with van der Waals surface area (Å²) < 4.78 is 29.9. The molecule has 0 aliphatic rings. The fourth-order valence-electron chi connectivity index (χ4n) is 1.33. The number of methoxy groups -OCH3 is 1. The van der Waals surface area contributed by atoms with Crippen molar-refractivity contribution in [2.75, 3.05) is 12.4 Å². The monoisotopic (exact) mass is 292 g/mol. The molecule has 2 nitrogen and oxygen atoms in total. The minimum Gasteiger partial charge on any atom is -0.496 e. The van der Waals surface area contributed by atoms with Gasteiger partial charge in [0.15, 0.2) is 0 Å². The van der Waals surface area contributed by atoms with Crippen LogP contribution >= 0.6 is 15.9 Å². The average molecular weight is 293 g/mol. The maximum absolute atomic E-state index is 12.5. The lowest BCUT2D eigenvalue weighted by Gasteiger charge is -2.09. The number of alkyl halides is 3. The lowest BCUT2D eigenvalue weighted by atomic mass is 10.1. The van der Waals surface area contributed by atoms with Crippen LogP contribution in [-0.2, 0) is 11.2 Å². The minimum absolute atomic E-state index is 0.0790. The van der Waals surface area contributed by atoms with Crippen LogP contribution in [0.2, 0.25) is 0 Å². The average Bonchev–Trinajstić information content (AvgIpc) is 2.28. The van der Waals surface area contributed by atoms with Crippen molar-refractivity contribution in [3.8, 4) is 5.75 Å². The second-order valence-electron chi connectivity index (χ2n) is 3.22. The summed E-state index contributed by atoms with van der Waals surface area (Å²) in [6, 6.07) is 4.06. The molecule has 16 heavy (non-hydrogen) atoms. The van der Waals surface area contributed by atoms with Crippen LogP contribution in [0.4, 0.5) is 8.78 Å². The summed E-state index contributed by atoms with van der Waals surface area (Å²) in [7, 11) is 1.44. The molecule has 0 fully saturated rings. The van der Waals surface area contributed by atoms with E-state index in [0.717, 1.165) is 0 Å². The van der Waals surface area contributed by atoms with Crippen molar-refractivity contribution < 1.29 is 18.3 Å². The third-order valence-corrected chi connectivity index (χ3v) is 2.72. The van der Waals surface area contributed by atoms with Gasteiger partial charge in [-0.3, -0.25) is 4.79 Å². The smallest absolute Gasteiger partial charge is 0.263 e. The fourth-order valence-corrected chi connectivity index (χ4v) is 1.53. The molecule has 0 saturated heterocycles. The molecule has 0 amide bonds. The van der Waals surface area contributed by atoms with Gasteiger partial charge in [0.25, 0.3) is 6.43 Å².